The van der Waals surface area contributed by atoms with Crippen LogP contribution in [0.4, 0.5) is 0 Å². The summed E-state index contributed by atoms with van der Waals surface area (Å²) in [5, 5.41) is 35.2. The summed E-state index contributed by atoms with van der Waals surface area (Å²) in [5.74, 6) is -4.41. The Labute approximate surface area is 170 Å². The zero-order chi connectivity index (χ0) is 22.3. The molecule has 0 aliphatic carbocycles. The van der Waals surface area contributed by atoms with E-state index >= 15 is 0 Å². The minimum Gasteiger partial charge on any atom is -0.478 e. The first-order valence-electron chi connectivity index (χ1n) is 8.44. The van der Waals surface area contributed by atoms with Gasteiger partial charge in [0, 0.05) is 0 Å². The number of hydrogen-bond donors (Lipinski definition) is 4. The fraction of sp³-hybridized carbons (Fsp3) is 0. The third kappa shape index (κ3) is 5.29. The van der Waals surface area contributed by atoms with Gasteiger partial charge in [-0.15, -0.1) is 0 Å². The molecule has 0 fully saturated rings. The first-order chi connectivity index (χ1) is 14.2. The Hall–Kier alpha value is -4.46. The predicted molar refractivity (Wildman–Crippen MR) is 106 cm³/mol. The maximum Gasteiger partial charge on any atom is 0.336 e. The van der Waals surface area contributed by atoms with Crippen LogP contribution in [0.15, 0.2) is 72.8 Å². The maximum atomic E-state index is 11.1. The zero-order valence-corrected chi connectivity index (χ0v) is 15.4. The number of rotatable bonds is 5. The van der Waals surface area contributed by atoms with E-state index in [0.29, 0.717) is 11.1 Å². The highest BCUT2D eigenvalue weighted by Gasteiger charge is 2.16. The molecule has 30 heavy (non-hydrogen) atoms. The van der Waals surface area contributed by atoms with Crippen molar-refractivity contribution in [2.75, 3.05) is 0 Å². The molecular formula is C22H16O8. The normalized spacial score (nSPS) is 9.73. The molecule has 8 nitrogen and oxygen atoms in total. The highest BCUT2D eigenvalue weighted by atomic mass is 16.4. The Morgan fingerprint density at radius 3 is 1.17 bits per heavy atom. The van der Waals surface area contributed by atoms with Gasteiger partial charge < -0.3 is 20.4 Å². The standard InChI is InChI=1S/C14H10O4.C8H6O4/c15-13(16)11-7-3-1-5-9(11)10-6-2-4-8-12(10)14(17)18;9-7(10)5-2-1-3-6(4-5)8(11)12/h1-8H,(H,15,16)(H,17,18);1-4H,(H,9,10)(H,11,12). The topological polar surface area (TPSA) is 149 Å². The summed E-state index contributed by atoms with van der Waals surface area (Å²) in [6, 6.07) is 17.9. The van der Waals surface area contributed by atoms with Crippen molar-refractivity contribution in [3.05, 3.63) is 95.1 Å². The molecule has 3 aromatic rings. The minimum atomic E-state index is -1.13. The van der Waals surface area contributed by atoms with Crippen molar-refractivity contribution in [2.24, 2.45) is 0 Å². The lowest BCUT2D eigenvalue weighted by Crippen LogP contribution is -2.03. The van der Waals surface area contributed by atoms with Crippen LogP contribution in [0.5, 0.6) is 0 Å². The number of carbonyl (C=O) groups is 4. The molecule has 3 aromatic carbocycles. The van der Waals surface area contributed by atoms with Crippen molar-refractivity contribution in [1.29, 1.82) is 0 Å². The van der Waals surface area contributed by atoms with E-state index in [4.69, 9.17) is 20.4 Å². The van der Waals surface area contributed by atoms with E-state index < -0.39 is 23.9 Å². The molecule has 152 valence electrons. The minimum absolute atomic E-state index is 0.0186. The van der Waals surface area contributed by atoms with Crippen LogP contribution in [0.2, 0.25) is 0 Å². The van der Waals surface area contributed by atoms with Crippen molar-refractivity contribution in [2.45, 2.75) is 0 Å². The summed E-state index contributed by atoms with van der Waals surface area (Å²) in [4.78, 5) is 43.0. The van der Waals surface area contributed by atoms with Crippen LogP contribution in [0.3, 0.4) is 0 Å². The smallest absolute Gasteiger partial charge is 0.336 e. The molecule has 0 aliphatic heterocycles. The summed E-state index contributed by atoms with van der Waals surface area (Å²) in [7, 11) is 0. The van der Waals surface area contributed by atoms with Crippen LogP contribution in [-0.4, -0.2) is 44.3 Å². The second-order valence-electron chi connectivity index (χ2n) is 5.89. The second-order valence-corrected chi connectivity index (χ2v) is 5.89. The van der Waals surface area contributed by atoms with Gasteiger partial charge in [0.05, 0.1) is 22.3 Å². The summed E-state index contributed by atoms with van der Waals surface area (Å²) in [6.07, 6.45) is 0. The van der Waals surface area contributed by atoms with Gasteiger partial charge in [-0.05, 0) is 41.5 Å². The molecule has 0 radical (unpaired) electrons. The fourth-order valence-corrected chi connectivity index (χ4v) is 2.59. The average molecular weight is 408 g/mol. The van der Waals surface area contributed by atoms with Gasteiger partial charge in [0.2, 0.25) is 0 Å². The Balaban J connectivity index is 0.000000232. The Morgan fingerprint density at radius 1 is 0.467 bits per heavy atom. The molecule has 0 aliphatic rings. The molecule has 3 rings (SSSR count). The van der Waals surface area contributed by atoms with Gasteiger partial charge in [-0.2, -0.15) is 0 Å². The number of carboxylic acid groups (broad SMARTS) is 4. The largest absolute Gasteiger partial charge is 0.478 e. The van der Waals surface area contributed by atoms with Crippen LogP contribution < -0.4 is 0 Å². The van der Waals surface area contributed by atoms with Crippen molar-refractivity contribution < 1.29 is 39.6 Å². The first-order valence-corrected chi connectivity index (χ1v) is 8.44. The van der Waals surface area contributed by atoms with E-state index in [0.717, 1.165) is 6.07 Å². The lowest BCUT2D eigenvalue weighted by atomic mass is 9.95. The van der Waals surface area contributed by atoms with Crippen LogP contribution in [0.25, 0.3) is 11.1 Å². The summed E-state index contributed by atoms with van der Waals surface area (Å²) in [6.45, 7) is 0. The van der Waals surface area contributed by atoms with E-state index in [9.17, 15) is 19.2 Å². The Kier molecular flexibility index (Phi) is 7.02. The number of benzene rings is 3. The quantitative estimate of drug-likeness (QED) is 0.497. The summed E-state index contributed by atoms with van der Waals surface area (Å²) >= 11 is 0. The van der Waals surface area contributed by atoms with E-state index in [1.54, 1.807) is 36.4 Å². The summed E-state index contributed by atoms with van der Waals surface area (Å²) < 4.78 is 0. The zero-order valence-electron chi connectivity index (χ0n) is 15.4. The summed E-state index contributed by atoms with van der Waals surface area (Å²) in [5.41, 5.74) is 0.952. The number of hydrogen-bond acceptors (Lipinski definition) is 4. The van der Waals surface area contributed by atoms with Gasteiger partial charge in [0.25, 0.3) is 0 Å². The van der Waals surface area contributed by atoms with Crippen molar-refractivity contribution in [3.8, 4) is 11.1 Å². The van der Waals surface area contributed by atoms with Crippen molar-refractivity contribution in [1.82, 2.24) is 0 Å². The predicted octanol–water partition coefficient (Wildman–Crippen LogP) is 3.83. The lowest BCUT2D eigenvalue weighted by molar-refractivity contribution is 0.0682. The van der Waals surface area contributed by atoms with E-state index in [-0.39, 0.29) is 22.3 Å². The molecule has 0 saturated heterocycles. The third-order valence-electron chi connectivity index (χ3n) is 3.96. The second kappa shape index (κ2) is 9.65. The van der Waals surface area contributed by atoms with Crippen molar-refractivity contribution in [3.63, 3.8) is 0 Å². The average Bonchev–Trinajstić information content (AvgIpc) is 2.74. The van der Waals surface area contributed by atoms with Crippen LogP contribution >= 0.6 is 0 Å². The molecule has 0 heterocycles. The highest BCUT2D eigenvalue weighted by molar-refractivity contribution is 6.02. The first kappa shape index (κ1) is 21.8. The fourth-order valence-electron chi connectivity index (χ4n) is 2.59. The van der Waals surface area contributed by atoms with Crippen LogP contribution in [0, 0.1) is 0 Å². The molecular weight excluding hydrogens is 392 g/mol. The number of aromatic carboxylic acids is 4. The molecule has 0 amide bonds. The molecule has 0 spiro atoms. The van der Waals surface area contributed by atoms with Gasteiger partial charge in [-0.25, -0.2) is 19.2 Å². The van der Waals surface area contributed by atoms with Gasteiger partial charge in [0.1, 0.15) is 0 Å². The Bertz CT molecular complexity index is 1030. The number of carboxylic acids is 4. The van der Waals surface area contributed by atoms with Crippen LogP contribution in [0.1, 0.15) is 41.4 Å². The van der Waals surface area contributed by atoms with E-state index in [2.05, 4.69) is 0 Å². The van der Waals surface area contributed by atoms with Crippen LogP contribution in [-0.2, 0) is 0 Å². The van der Waals surface area contributed by atoms with Gasteiger partial charge >= 0.3 is 23.9 Å². The van der Waals surface area contributed by atoms with Crippen molar-refractivity contribution >= 4 is 23.9 Å². The molecule has 8 heteroatoms. The molecule has 0 unspecified atom stereocenters. The molecule has 0 saturated carbocycles. The van der Waals surface area contributed by atoms with Gasteiger partial charge in [-0.3, -0.25) is 0 Å². The SMILES string of the molecule is O=C(O)c1cccc(C(=O)O)c1.O=C(O)c1ccccc1-c1ccccc1C(=O)O. The lowest BCUT2D eigenvalue weighted by Gasteiger charge is -2.08. The molecule has 0 bridgehead atoms. The van der Waals surface area contributed by atoms with Gasteiger partial charge in [0.15, 0.2) is 0 Å². The maximum absolute atomic E-state index is 11.1. The molecule has 0 atom stereocenters. The monoisotopic (exact) mass is 408 g/mol. The molecule has 0 aromatic heterocycles. The van der Waals surface area contributed by atoms with E-state index in [1.165, 1.54) is 30.3 Å². The van der Waals surface area contributed by atoms with Gasteiger partial charge in [-0.1, -0.05) is 42.5 Å². The highest BCUT2D eigenvalue weighted by Crippen LogP contribution is 2.27. The Morgan fingerprint density at radius 2 is 0.833 bits per heavy atom. The van der Waals surface area contributed by atoms with E-state index in [1.807, 2.05) is 0 Å². The third-order valence-corrected chi connectivity index (χ3v) is 3.96. The molecule has 4 N–H and O–H groups in total.